The van der Waals surface area contributed by atoms with E-state index in [9.17, 15) is 9.59 Å². The lowest BCUT2D eigenvalue weighted by Gasteiger charge is -2.38. The second-order valence-corrected chi connectivity index (χ2v) is 6.59. The van der Waals surface area contributed by atoms with E-state index in [1.165, 1.54) is 0 Å². The summed E-state index contributed by atoms with van der Waals surface area (Å²) in [7, 11) is 0. The standard InChI is InChI=1S/C20H19NO3/c1-14-5-4-6-15(13-14)18(22)21-11-9-20(10-12-21)17-8-3-2-7-16(17)19(23)24-20/h2-8,13H,9-12H2,1H3. The van der Waals surface area contributed by atoms with E-state index in [1.807, 2.05) is 60.4 Å². The first kappa shape index (κ1) is 14.9. The Hall–Kier alpha value is -2.62. The van der Waals surface area contributed by atoms with Crippen molar-refractivity contribution in [3.05, 3.63) is 70.8 Å². The minimum Gasteiger partial charge on any atom is -0.450 e. The van der Waals surface area contributed by atoms with Gasteiger partial charge in [0.25, 0.3) is 5.91 Å². The van der Waals surface area contributed by atoms with Gasteiger partial charge in [-0.25, -0.2) is 4.79 Å². The van der Waals surface area contributed by atoms with Crippen molar-refractivity contribution in [2.45, 2.75) is 25.4 Å². The van der Waals surface area contributed by atoms with Crippen LogP contribution in [-0.2, 0) is 10.3 Å². The summed E-state index contributed by atoms with van der Waals surface area (Å²) >= 11 is 0. The third-order valence-electron chi connectivity index (χ3n) is 5.05. The third kappa shape index (κ3) is 2.30. The van der Waals surface area contributed by atoms with Crippen LogP contribution in [0.4, 0.5) is 0 Å². The van der Waals surface area contributed by atoms with Crippen LogP contribution >= 0.6 is 0 Å². The van der Waals surface area contributed by atoms with Crippen molar-refractivity contribution in [3.63, 3.8) is 0 Å². The van der Waals surface area contributed by atoms with Crippen LogP contribution in [0.15, 0.2) is 48.5 Å². The van der Waals surface area contributed by atoms with Crippen LogP contribution in [0.2, 0.25) is 0 Å². The molecule has 0 bridgehead atoms. The molecule has 2 aliphatic heterocycles. The highest BCUT2D eigenvalue weighted by Crippen LogP contribution is 2.44. The largest absolute Gasteiger partial charge is 0.450 e. The fourth-order valence-corrected chi connectivity index (χ4v) is 3.75. The molecule has 24 heavy (non-hydrogen) atoms. The molecule has 2 aliphatic rings. The number of carbonyl (C=O) groups is 2. The molecular weight excluding hydrogens is 302 g/mol. The first-order chi connectivity index (χ1) is 11.6. The highest BCUT2D eigenvalue weighted by Gasteiger charge is 2.47. The molecule has 122 valence electrons. The van der Waals surface area contributed by atoms with E-state index in [0.29, 0.717) is 31.5 Å². The molecule has 4 nitrogen and oxygen atoms in total. The second kappa shape index (κ2) is 5.48. The second-order valence-electron chi connectivity index (χ2n) is 6.59. The molecule has 4 heteroatoms. The number of hydrogen-bond acceptors (Lipinski definition) is 3. The average Bonchev–Trinajstić information content (AvgIpc) is 2.88. The van der Waals surface area contributed by atoms with Crippen LogP contribution < -0.4 is 0 Å². The van der Waals surface area contributed by atoms with Gasteiger partial charge < -0.3 is 9.64 Å². The minimum atomic E-state index is -0.558. The molecule has 4 rings (SSSR count). The Morgan fingerprint density at radius 2 is 1.83 bits per heavy atom. The van der Waals surface area contributed by atoms with Gasteiger partial charge >= 0.3 is 5.97 Å². The molecule has 0 atom stereocenters. The summed E-state index contributed by atoms with van der Waals surface area (Å²) in [6.45, 7) is 3.17. The Balaban J connectivity index is 1.54. The zero-order valence-corrected chi connectivity index (χ0v) is 13.6. The number of aryl methyl sites for hydroxylation is 1. The molecule has 1 fully saturated rings. The number of ether oxygens (including phenoxy) is 1. The fourth-order valence-electron chi connectivity index (χ4n) is 3.75. The van der Waals surface area contributed by atoms with Gasteiger partial charge in [-0.1, -0.05) is 35.9 Å². The van der Waals surface area contributed by atoms with Crippen molar-refractivity contribution < 1.29 is 14.3 Å². The van der Waals surface area contributed by atoms with Gasteiger partial charge in [-0.05, 0) is 25.1 Å². The van der Waals surface area contributed by atoms with Gasteiger partial charge in [0.1, 0.15) is 5.60 Å². The monoisotopic (exact) mass is 321 g/mol. The average molecular weight is 321 g/mol. The summed E-state index contributed by atoms with van der Waals surface area (Å²) in [6, 6.07) is 15.2. The number of nitrogens with zero attached hydrogens (tertiary/aromatic N) is 1. The molecule has 2 heterocycles. The lowest BCUT2D eigenvalue weighted by Crippen LogP contribution is -2.45. The van der Waals surface area contributed by atoms with Crippen molar-refractivity contribution in [2.24, 2.45) is 0 Å². The van der Waals surface area contributed by atoms with Crippen LogP contribution in [0.25, 0.3) is 0 Å². The van der Waals surface area contributed by atoms with Gasteiger partial charge in [0.2, 0.25) is 0 Å². The van der Waals surface area contributed by atoms with E-state index in [2.05, 4.69) is 0 Å². The van der Waals surface area contributed by atoms with Gasteiger partial charge in [0.15, 0.2) is 0 Å². The molecule has 1 amide bonds. The van der Waals surface area contributed by atoms with Crippen LogP contribution in [0, 0.1) is 6.92 Å². The normalized spacial score (nSPS) is 18.4. The first-order valence-corrected chi connectivity index (χ1v) is 8.28. The number of carbonyl (C=O) groups excluding carboxylic acids is 2. The summed E-state index contributed by atoms with van der Waals surface area (Å²) in [5.41, 5.74) is 2.87. The van der Waals surface area contributed by atoms with Crippen LogP contribution in [-0.4, -0.2) is 29.9 Å². The van der Waals surface area contributed by atoms with Gasteiger partial charge in [0, 0.05) is 37.1 Å². The smallest absolute Gasteiger partial charge is 0.339 e. The molecule has 2 aromatic rings. The summed E-state index contributed by atoms with van der Waals surface area (Å²) < 4.78 is 5.74. The van der Waals surface area contributed by atoms with Crippen molar-refractivity contribution in [2.75, 3.05) is 13.1 Å². The summed E-state index contributed by atoms with van der Waals surface area (Å²) in [5, 5.41) is 0. The maximum absolute atomic E-state index is 12.7. The van der Waals surface area contributed by atoms with Gasteiger partial charge in [-0.3, -0.25) is 4.79 Å². The van der Waals surface area contributed by atoms with Crippen LogP contribution in [0.3, 0.4) is 0 Å². The number of amides is 1. The lowest BCUT2D eigenvalue weighted by atomic mass is 9.83. The van der Waals surface area contributed by atoms with E-state index in [4.69, 9.17) is 4.74 Å². The number of fused-ring (bicyclic) bond motifs is 2. The fraction of sp³-hybridized carbons (Fsp3) is 0.300. The van der Waals surface area contributed by atoms with Crippen LogP contribution in [0.1, 0.15) is 44.7 Å². The van der Waals surface area contributed by atoms with Crippen molar-refractivity contribution in [3.8, 4) is 0 Å². The first-order valence-electron chi connectivity index (χ1n) is 8.28. The number of benzene rings is 2. The molecule has 0 saturated carbocycles. The maximum Gasteiger partial charge on any atom is 0.339 e. The Bertz CT molecular complexity index is 819. The Morgan fingerprint density at radius 1 is 1.08 bits per heavy atom. The van der Waals surface area contributed by atoms with Gasteiger partial charge in [-0.15, -0.1) is 0 Å². The Labute approximate surface area is 141 Å². The molecule has 2 aromatic carbocycles. The van der Waals surface area contributed by atoms with Crippen molar-refractivity contribution in [1.82, 2.24) is 4.90 Å². The quantitative estimate of drug-likeness (QED) is 0.757. The number of esters is 1. The molecule has 0 unspecified atom stereocenters. The lowest BCUT2D eigenvalue weighted by molar-refractivity contribution is -0.0389. The molecule has 1 spiro atoms. The molecular formula is C20H19NO3. The van der Waals surface area contributed by atoms with E-state index >= 15 is 0 Å². The topological polar surface area (TPSA) is 46.6 Å². The minimum absolute atomic E-state index is 0.0474. The SMILES string of the molecule is Cc1cccc(C(=O)N2CCC3(CC2)OC(=O)c2ccccc23)c1. The predicted molar refractivity (Wildman–Crippen MR) is 89.9 cm³/mol. The van der Waals surface area contributed by atoms with Crippen LogP contribution in [0.5, 0.6) is 0 Å². The summed E-state index contributed by atoms with van der Waals surface area (Å²) in [4.78, 5) is 26.6. The number of hydrogen-bond donors (Lipinski definition) is 0. The Morgan fingerprint density at radius 3 is 2.58 bits per heavy atom. The third-order valence-corrected chi connectivity index (χ3v) is 5.05. The highest BCUT2D eigenvalue weighted by atomic mass is 16.6. The van der Waals surface area contributed by atoms with Crippen molar-refractivity contribution >= 4 is 11.9 Å². The van der Waals surface area contributed by atoms with Gasteiger partial charge in [-0.2, -0.15) is 0 Å². The number of likely N-dealkylation sites (tertiary alicyclic amines) is 1. The maximum atomic E-state index is 12.7. The molecule has 0 aliphatic carbocycles. The van der Waals surface area contributed by atoms with E-state index in [1.54, 1.807) is 0 Å². The molecule has 1 saturated heterocycles. The zero-order valence-electron chi connectivity index (χ0n) is 13.6. The predicted octanol–water partition coefficient (Wildman–Crippen LogP) is 3.30. The number of piperidine rings is 1. The Kier molecular flexibility index (Phi) is 3.41. The molecule has 0 aromatic heterocycles. The highest BCUT2D eigenvalue weighted by molar-refractivity contribution is 5.95. The van der Waals surface area contributed by atoms with Crippen molar-refractivity contribution in [1.29, 1.82) is 0 Å². The van der Waals surface area contributed by atoms with E-state index in [0.717, 1.165) is 16.7 Å². The number of rotatable bonds is 1. The van der Waals surface area contributed by atoms with Gasteiger partial charge in [0.05, 0.1) is 5.56 Å². The van der Waals surface area contributed by atoms with E-state index < -0.39 is 5.60 Å². The summed E-state index contributed by atoms with van der Waals surface area (Å²) in [5.74, 6) is -0.199. The van der Waals surface area contributed by atoms with E-state index in [-0.39, 0.29) is 11.9 Å². The molecule has 0 radical (unpaired) electrons. The molecule has 0 N–H and O–H groups in total. The summed E-state index contributed by atoms with van der Waals surface area (Å²) in [6.07, 6.45) is 1.29. The zero-order chi connectivity index (χ0) is 16.7.